The molecule has 5 heteroatoms. The molecule has 1 aliphatic rings. The largest absolute Gasteiger partial charge is 0.433 e. The summed E-state index contributed by atoms with van der Waals surface area (Å²) in [5, 5.41) is 13.9. The number of nitro groups is 1. The maximum atomic E-state index is 10.5. The molecule has 0 saturated heterocycles. The van der Waals surface area contributed by atoms with E-state index in [-0.39, 0.29) is 5.88 Å². The third-order valence-corrected chi connectivity index (χ3v) is 3.60. The second kappa shape index (κ2) is 5.10. The molecule has 2 rings (SSSR count). The van der Waals surface area contributed by atoms with Crippen molar-refractivity contribution in [1.82, 2.24) is 5.32 Å². The maximum absolute atomic E-state index is 10.5. The Labute approximate surface area is 107 Å². The van der Waals surface area contributed by atoms with Crippen LogP contribution in [0.25, 0.3) is 0 Å². The lowest BCUT2D eigenvalue weighted by molar-refractivity contribution is -0.402. The second-order valence-electron chi connectivity index (χ2n) is 5.84. The van der Waals surface area contributed by atoms with Crippen LogP contribution in [0.1, 0.15) is 45.3 Å². The molecule has 1 saturated carbocycles. The van der Waals surface area contributed by atoms with Crippen molar-refractivity contribution in [2.24, 2.45) is 5.41 Å². The summed E-state index contributed by atoms with van der Waals surface area (Å²) in [6.45, 7) is 5.14. The smallest absolute Gasteiger partial charge is 0.404 e. The molecule has 0 aliphatic heterocycles. The van der Waals surface area contributed by atoms with Crippen LogP contribution in [0.5, 0.6) is 0 Å². The Morgan fingerprint density at radius 2 is 2.33 bits per heavy atom. The van der Waals surface area contributed by atoms with Crippen molar-refractivity contribution >= 4 is 5.88 Å². The number of nitrogens with zero attached hydrogens (tertiary/aromatic N) is 1. The van der Waals surface area contributed by atoms with Gasteiger partial charge in [-0.15, -0.1) is 0 Å². The van der Waals surface area contributed by atoms with Gasteiger partial charge in [0.25, 0.3) is 0 Å². The average molecular weight is 252 g/mol. The number of hydrogen-bond acceptors (Lipinski definition) is 4. The summed E-state index contributed by atoms with van der Waals surface area (Å²) >= 11 is 0. The van der Waals surface area contributed by atoms with Gasteiger partial charge in [0.2, 0.25) is 0 Å². The summed E-state index contributed by atoms with van der Waals surface area (Å²) in [7, 11) is 0. The zero-order valence-electron chi connectivity index (χ0n) is 10.9. The molecule has 0 amide bonds. The monoisotopic (exact) mass is 252 g/mol. The zero-order valence-corrected chi connectivity index (χ0v) is 10.9. The first-order valence-electron chi connectivity index (χ1n) is 6.43. The van der Waals surface area contributed by atoms with Gasteiger partial charge < -0.3 is 9.73 Å². The number of rotatable bonds is 4. The van der Waals surface area contributed by atoms with E-state index in [2.05, 4.69) is 19.2 Å². The summed E-state index contributed by atoms with van der Waals surface area (Å²) in [4.78, 5) is 9.99. The van der Waals surface area contributed by atoms with E-state index in [0.717, 1.165) is 6.42 Å². The van der Waals surface area contributed by atoms with Gasteiger partial charge in [-0.1, -0.05) is 20.3 Å². The molecule has 1 aliphatic carbocycles. The molecule has 0 aromatic carbocycles. The van der Waals surface area contributed by atoms with Crippen LogP contribution in [0.2, 0.25) is 0 Å². The molecular formula is C13H20N2O3. The van der Waals surface area contributed by atoms with E-state index < -0.39 is 4.92 Å². The quantitative estimate of drug-likeness (QED) is 0.659. The van der Waals surface area contributed by atoms with Crippen molar-refractivity contribution in [2.45, 2.75) is 52.1 Å². The molecule has 1 aromatic heterocycles. The van der Waals surface area contributed by atoms with Crippen LogP contribution in [0.4, 0.5) is 5.88 Å². The SMILES string of the molecule is CC1(C)CCCC(NCc2ccc([N+](=O)[O-])o2)C1. The van der Waals surface area contributed by atoms with Gasteiger partial charge in [0.15, 0.2) is 0 Å². The minimum Gasteiger partial charge on any atom is -0.404 e. The van der Waals surface area contributed by atoms with Crippen molar-refractivity contribution in [3.05, 3.63) is 28.0 Å². The Kier molecular flexibility index (Phi) is 3.71. The van der Waals surface area contributed by atoms with Crippen LogP contribution >= 0.6 is 0 Å². The third kappa shape index (κ3) is 3.32. The van der Waals surface area contributed by atoms with E-state index in [9.17, 15) is 10.1 Å². The zero-order chi connectivity index (χ0) is 13.2. The predicted molar refractivity (Wildman–Crippen MR) is 68.2 cm³/mol. The topological polar surface area (TPSA) is 68.3 Å². The Morgan fingerprint density at radius 3 is 2.94 bits per heavy atom. The van der Waals surface area contributed by atoms with Crippen molar-refractivity contribution < 1.29 is 9.34 Å². The predicted octanol–water partition coefficient (Wildman–Crippen LogP) is 3.25. The minimum atomic E-state index is -0.507. The van der Waals surface area contributed by atoms with Crippen LogP contribution in [0.3, 0.4) is 0 Å². The summed E-state index contributed by atoms with van der Waals surface area (Å²) in [5.41, 5.74) is 0.394. The molecule has 18 heavy (non-hydrogen) atoms. The van der Waals surface area contributed by atoms with Gasteiger partial charge in [-0.05, 0) is 30.7 Å². The standard InChI is InChI=1S/C13H20N2O3/c1-13(2)7-3-4-10(8-13)14-9-11-5-6-12(18-11)15(16)17/h5-6,10,14H,3-4,7-9H2,1-2H3. The summed E-state index contributed by atoms with van der Waals surface area (Å²) in [5.74, 6) is 0.445. The molecule has 0 bridgehead atoms. The fraction of sp³-hybridized carbons (Fsp3) is 0.692. The molecular weight excluding hydrogens is 232 g/mol. The van der Waals surface area contributed by atoms with Gasteiger partial charge >= 0.3 is 5.88 Å². The highest BCUT2D eigenvalue weighted by atomic mass is 16.6. The van der Waals surface area contributed by atoms with Gasteiger partial charge in [-0.3, -0.25) is 10.1 Å². The molecule has 5 nitrogen and oxygen atoms in total. The van der Waals surface area contributed by atoms with Crippen molar-refractivity contribution in [3.8, 4) is 0 Å². The highest BCUT2D eigenvalue weighted by Gasteiger charge is 2.27. The van der Waals surface area contributed by atoms with Crippen LogP contribution in [-0.4, -0.2) is 11.0 Å². The van der Waals surface area contributed by atoms with E-state index >= 15 is 0 Å². The van der Waals surface area contributed by atoms with Gasteiger partial charge in [0.1, 0.15) is 10.7 Å². The Balaban J connectivity index is 1.85. The van der Waals surface area contributed by atoms with Crippen LogP contribution < -0.4 is 5.32 Å². The van der Waals surface area contributed by atoms with E-state index in [1.165, 1.54) is 25.3 Å². The Morgan fingerprint density at radius 1 is 1.56 bits per heavy atom. The highest BCUT2D eigenvalue weighted by Crippen LogP contribution is 2.35. The minimum absolute atomic E-state index is 0.184. The molecule has 100 valence electrons. The summed E-state index contributed by atoms with van der Waals surface area (Å²) in [6, 6.07) is 3.55. The number of furan rings is 1. The molecule has 1 heterocycles. The van der Waals surface area contributed by atoms with Crippen LogP contribution in [-0.2, 0) is 6.54 Å². The number of nitrogens with one attached hydrogen (secondary N) is 1. The lowest BCUT2D eigenvalue weighted by atomic mass is 9.75. The normalized spacial score (nSPS) is 22.9. The molecule has 0 spiro atoms. The van der Waals surface area contributed by atoms with Crippen LogP contribution in [0, 0.1) is 15.5 Å². The van der Waals surface area contributed by atoms with E-state index in [1.54, 1.807) is 6.07 Å². The first kappa shape index (κ1) is 13.1. The van der Waals surface area contributed by atoms with Crippen molar-refractivity contribution in [1.29, 1.82) is 0 Å². The van der Waals surface area contributed by atoms with Crippen LogP contribution in [0.15, 0.2) is 16.5 Å². The van der Waals surface area contributed by atoms with Gasteiger partial charge in [0, 0.05) is 6.04 Å². The number of hydrogen-bond donors (Lipinski definition) is 1. The molecule has 1 unspecified atom stereocenters. The Hall–Kier alpha value is -1.36. The molecule has 1 aromatic rings. The highest BCUT2D eigenvalue weighted by molar-refractivity contribution is 5.17. The lowest BCUT2D eigenvalue weighted by Crippen LogP contribution is -2.36. The van der Waals surface area contributed by atoms with Gasteiger partial charge in [-0.25, -0.2) is 0 Å². The van der Waals surface area contributed by atoms with E-state index in [4.69, 9.17) is 4.42 Å². The second-order valence-corrected chi connectivity index (χ2v) is 5.84. The Bertz CT molecular complexity index is 426. The summed E-state index contributed by atoms with van der Waals surface area (Å²) < 4.78 is 5.13. The van der Waals surface area contributed by atoms with Gasteiger partial charge in [-0.2, -0.15) is 0 Å². The van der Waals surface area contributed by atoms with E-state index in [1.807, 2.05) is 0 Å². The van der Waals surface area contributed by atoms with Gasteiger partial charge in [0.05, 0.1) is 12.6 Å². The molecule has 1 fully saturated rings. The lowest BCUT2D eigenvalue weighted by Gasteiger charge is -2.35. The fourth-order valence-electron chi connectivity index (χ4n) is 2.68. The van der Waals surface area contributed by atoms with Crippen molar-refractivity contribution in [2.75, 3.05) is 0 Å². The van der Waals surface area contributed by atoms with E-state index in [0.29, 0.717) is 23.8 Å². The fourth-order valence-corrected chi connectivity index (χ4v) is 2.68. The summed E-state index contributed by atoms with van der Waals surface area (Å²) in [6.07, 6.45) is 4.84. The maximum Gasteiger partial charge on any atom is 0.433 e. The first-order valence-corrected chi connectivity index (χ1v) is 6.43. The molecule has 1 N–H and O–H groups in total. The third-order valence-electron chi connectivity index (χ3n) is 3.60. The van der Waals surface area contributed by atoms with Crippen molar-refractivity contribution in [3.63, 3.8) is 0 Å². The molecule has 1 atom stereocenters. The average Bonchev–Trinajstić information content (AvgIpc) is 2.74. The molecule has 0 radical (unpaired) electrons. The first-order chi connectivity index (χ1) is 8.46.